The van der Waals surface area contributed by atoms with Crippen molar-refractivity contribution in [3.63, 3.8) is 0 Å². The molecule has 17 heavy (non-hydrogen) atoms. The van der Waals surface area contributed by atoms with Crippen molar-refractivity contribution in [2.75, 3.05) is 13.1 Å². The van der Waals surface area contributed by atoms with Gasteiger partial charge in [-0.1, -0.05) is 13.3 Å². The highest BCUT2D eigenvalue weighted by molar-refractivity contribution is 5.68. The molecule has 4 heteroatoms. The summed E-state index contributed by atoms with van der Waals surface area (Å²) in [4.78, 5) is 13.6. The molecule has 1 fully saturated rings. The van der Waals surface area contributed by atoms with Crippen molar-refractivity contribution in [2.24, 2.45) is 11.7 Å². The van der Waals surface area contributed by atoms with Gasteiger partial charge in [0.25, 0.3) is 0 Å². The van der Waals surface area contributed by atoms with Crippen molar-refractivity contribution in [1.82, 2.24) is 4.90 Å². The van der Waals surface area contributed by atoms with Crippen LogP contribution in [-0.4, -0.2) is 35.7 Å². The summed E-state index contributed by atoms with van der Waals surface area (Å²) in [5, 5.41) is 0. The molecule has 0 aromatic rings. The Balaban J connectivity index is 2.46. The summed E-state index contributed by atoms with van der Waals surface area (Å²) in [7, 11) is 0. The summed E-state index contributed by atoms with van der Waals surface area (Å²) < 4.78 is 5.35. The van der Waals surface area contributed by atoms with Crippen LogP contribution in [0.3, 0.4) is 0 Å². The van der Waals surface area contributed by atoms with E-state index in [0.717, 1.165) is 25.8 Å². The number of nitrogens with two attached hydrogens (primary N) is 1. The van der Waals surface area contributed by atoms with Crippen LogP contribution in [-0.2, 0) is 4.74 Å². The van der Waals surface area contributed by atoms with Gasteiger partial charge in [-0.25, -0.2) is 4.79 Å². The van der Waals surface area contributed by atoms with Gasteiger partial charge >= 0.3 is 6.09 Å². The normalized spacial score (nSPS) is 25.8. The van der Waals surface area contributed by atoms with Gasteiger partial charge in [0, 0.05) is 19.1 Å². The molecule has 0 bridgehead atoms. The molecule has 0 radical (unpaired) electrons. The molecule has 0 aromatic heterocycles. The number of likely N-dealkylation sites (tertiary alicyclic amines) is 1. The van der Waals surface area contributed by atoms with Crippen LogP contribution in [0.15, 0.2) is 0 Å². The summed E-state index contributed by atoms with van der Waals surface area (Å²) in [6.45, 7) is 9.22. The van der Waals surface area contributed by atoms with E-state index in [2.05, 4.69) is 6.92 Å². The van der Waals surface area contributed by atoms with E-state index in [-0.39, 0.29) is 12.1 Å². The van der Waals surface area contributed by atoms with Crippen LogP contribution in [0, 0.1) is 5.92 Å². The lowest BCUT2D eigenvalue weighted by Gasteiger charge is -2.37. The molecule has 0 spiro atoms. The van der Waals surface area contributed by atoms with Gasteiger partial charge in [-0.05, 0) is 39.5 Å². The second-order valence-electron chi connectivity index (χ2n) is 5.93. The Morgan fingerprint density at radius 3 is 2.59 bits per heavy atom. The van der Waals surface area contributed by atoms with Gasteiger partial charge in [-0.15, -0.1) is 0 Å². The van der Waals surface area contributed by atoms with Crippen LogP contribution in [0.25, 0.3) is 0 Å². The standard InChI is InChI=1S/C13H26N2O2/c1-5-6-10-7-8-15(9-11(10)14)12(16)17-13(2,3)4/h10-11H,5-9,14H2,1-4H3/t10-,11-/m1/s1. The number of hydrogen-bond acceptors (Lipinski definition) is 3. The SMILES string of the molecule is CCC[C@@H]1CCN(C(=O)OC(C)(C)C)C[C@H]1N. The molecule has 1 heterocycles. The van der Waals surface area contributed by atoms with Crippen molar-refractivity contribution in [3.8, 4) is 0 Å². The number of hydrogen-bond donors (Lipinski definition) is 1. The third-order valence-electron chi connectivity index (χ3n) is 3.12. The summed E-state index contributed by atoms with van der Waals surface area (Å²) in [5.74, 6) is 0.554. The number of carbonyl (C=O) groups is 1. The van der Waals surface area contributed by atoms with Crippen LogP contribution in [0.1, 0.15) is 47.0 Å². The quantitative estimate of drug-likeness (QED) is 0.808. The van der Waals surface area contributed by atoms with Gasteiger partial charge in [0.1, 0.15) is 5.60 Å². The number of piperidine rings is 1. The second kappa shape index (κ2) is 5.71. The summed E-state index contributed by atoms with van der Waals surface area (Å²) >= 11 is 0. The number of carbonyl (C=O) groups excluding carboxylic acids is 1. The fraction of sp³-hybridized carbons (Fsp3) is 0.923. The van der Waals surface area contributed by atoms with E-state index in [1.54, 1.807) is 4.90 Å². The summed E-state index contributed by atoms with van der Waals surface area (Å²) in [5.41, 5.74) is 5.68. The second-order valence-corrected chi connectivity index (χ2v) is 5.93. The highest BCUT2D eigenvalue weighted by Crippen LogP contribution is 2.22. The van der Waals surface area contributed by atoms with Crippen molar-refractivity contribution in [2.45, 2.75) is 58.6 Å². The fourth-order valence-electron chi connectivity index (χ4n) is 2.25. The Kier molecular flexibility index (Phi) is 4.80. The molecule has 0 aliphatic carbocycles. The highest BCUT2D eigenvalue weighted by Gasteiger charge is 2.30. The van der Waals surface area contributed by atoms with E-state index in [4.69, 9.17) is 10.5 Å². The molecule has 0 unspecified atom stereocenters. The van der Waals surface area contributed by atoms with E-state index < -0.39 is 5.60 Å². The van der Waals surface area contributed by atoms with Crippen LogP contribution in [0.5, 0.6) is 0 Å². The minimum atomic E-state index is -0.429. The Labute approximate surface area is 104 Å². The molecule has 4 nitrogen and oxygen atoms in total. The van der Waals surface area contributed by atoms with E-state index in [0.29, 0.717) is 12.5 Å². The van der Waals surface area contributed by atoms with Crippen LogP contribution in [0.4, 0.5) is 4.79 Å². The van der Waals surface area contributed by atoms with Crippen molar-refractivity contribution < 1.29 is 9.53 Å². The molecule has 2 atom stereocenters. The predicted octanol–water partition coefficient (Wildman–Crippen LogP) is 2.37. The lowest BCUT2D eigenvalue weighted by molar-refractivity contribution is 0.0156. The minimum absolute atomic E-state index is 0.0937. The Morgan fingerprint density at radius 1 is 1.47 bits per heavy atom. The molecule has 1 rings (SSSR count). The van der Waals surface area contributed by atoms with E-state index in [9.17, 15) is 4.79 Å². The molecule has 2 N–H and O–H groups in total. The van der Waals surface area contributed by atoms with Gasteiger partial charge in [0.2, 0.25) is 0 Å². The van der Waals surface area contributed by atoms with Crippen molar-refractivity contribution >= 4 is 6.09 Å². The Bertz CT molecular complexity index is 261. The van der Waals surface area contributed by atoms with Crippen LogP contribution < -0.4 is 5.73 Å². The monoisotopic (exact) mass is 242 g/mol. The molecule has 1 aliphatic heterocycles. The third-order valence-corrected chi connectivity index (χ3v) is 3.12. The molecule has 1 aliphatic rings. The summed E-state index contributed by atoms with van der Waals surface area (Å²) in [6.07, 6.45) is 3.07. The molecule has 100 valence electrons. The predicted molar refractivity (Wildman–Crippen MR) is 68.8 cm³/mol. The molecular formula is C13H26N2O2. The third kappa shape index (κ3) is 4.54. The lowest BCUT2D eigenvalue weighted by Crippen LogP contribution is -2.51. The Hall–Kier alpha value is -0.770. The van der Waals surface area contributed by atoms with Crippen molar-refractivity contribution in [1.29, 1.82) is 0 Å². The van der Waals surface area contributed by atoms with Gasteiger partial charge < -0.3 is 15.4 Å². The average Bonchev–Trinajstić information content (AvgIpc) is 2.18. The topological polar surface area (TPSA) is 55.6 Å². The number of ether oxygens (including phenoxy) is 1. The molecular weight excluding hydrogens is 216 g/mol. The van der Waals surface area contributed by atoms with Gasteiger partial charge in [-0.2, -0.15) is 0 Å². The van der Waals surface area contributed by atoms with Crippen LogP contribution >= 0.6 is 0 Å². The first-order valence-electron chi connectivity index (χ1n) is 6.57. The van der Waals surface area contributed by atoms with Gasteiger partial charge in [0.15, 0.2) is 0 Å². The highest BCUT2D eigenvalue weighted by atomic mass is 16.6. The van der Waals surface area contributed by atoms with Gasteiger partial charge in [0.05, 0.1) is 0 Å². The molecule has 0 aromatic carbocycles. The fourth-order valence-corrected chi connectivity index (χ4v) is 2.25. The maximum Gasteiger partial charge on any atom is 0.410 e. The van der Waals surface area contributed by atoms with Crippen LogP contribution in [0.2, 0.25) is 0 Å². The maximum atomic E-state index is 11.9. The zero-order valence-electron chi connectivity index (χ0n) is 11.5. The molecule has 1 amide bonds. The summed E-state index contributed by atoms with van der Waals surface area (Å²) in [6, 6.07) is 0.0937. The maximum absolute atomic E-state index is 11.9. The zero-order valence-corrected chi connectivity index (χ0v) is 11.5. The average molecular weight is 242 g/mol. The minimum Gasteiger partial charge on any atom is -0.444 e. The van der Waals surface area contributed by atoms with E-state index in [1.807, 2.05) is 20.8 Å². The largest absolute Gasteiger partial charge is 0.444 e. The van der Waals surface area contributed by atoms with E-state index in [1.165, 1.54) is 0 Å². The first-order valence-corrected chi connectivity index (χ1v) is 6.57. The smallest absolute Gasteiger partial charge is 0.410 e. The molecule has 0 saturated carbocycles. The molecule has 1 saturated heterocycles. The number of amides is 1. The number of nitrogens with zero attached hydrogens (tertiary/aromatic N) is 1. The first kappa shape index (κ1) is 14.3. The zero-order chi connectivity index (χ0) is 13.1. The van der Waals surface area contributed by atoms with Gasteiger partial charge in [-0.3, -0.25) is 0 Å². The van der Waals surface area contributed by atoms with E-state index >= 15 is 0 Å². The Morgan fingerprint density at radius 2 is 2.12 bits per heavy atom. The number of rotatable bonds is 2. The lowest BCUT2D eigenvalue weighted by atomic mass is 9.88. The first-order chi connectivity index (χ1) is 7.83. The van der Waals surface area contributed by atoms with Crippen molar-refractivity contribution in [3.05, 3.63) is 0 Å².